The number of primary amides is 1. The van der Waals surface area contributed by atoms with Crippen LogP contribution in [0, 0.1) is 12.8 Å². The van der Waals surface area contributed by atoms with E-state index in [-0.39, 0.29) is 6.10 Å². The predicted molar refractivity (Wildman–Crippen MR) is 74.8 cm³/mol. The zero-order valence-corrected chi connectivity index (χ0v) is 11.6. The zero-order valence-electron chi connectivity index (χ0n) is 11.6. The van der Waals surface area contributed by atoms with E-state index in [9.17, 15) is 9.90 Å². The van der Waals surface area contributed by atoms with Crippen molar-refractivity contribution in [1.29, 1.82) is 0 Å². The van der Waals surface area contributed by atoms with Gasteiger partial charge in [-0.05, 0) is 49.1 Å². The van der Waals surface area contributed by atoms with Crippen LogP contribution in [0.25, 0.3) is 0 Å². The molecule has 0 aliphatic carbocycles. The highest BCUT2D eigenvalue weighted by Gasteiger charge is 2.24. The molecule has 1 aliphatic heterocycles. The topological polar surface area (TPSA) is 66.6 Å². The highest BCUT2D eigenvalue weighted by molar-refractivity contribution is 5.93. The largest absolute Gasteiger partial charge is 0.392 e. The molecule has 1 aromatic rings. The first-order chi connectivity index (χ1) is 8.97. The smallest absolute Gasteiger partial charge is 0.248 e. The minimum atomic E-state index is -0.392. The number of likely N-dealkylation sites (tertiary alicyclic amines) is 1. The molecular formula is C15H22N2O2. The quantitative estimate of drug-likeness (QED) is 0.862. The zero-order chi connectivity index (χ0) is 14.0. The van der Waals surface area contributed by atoms with Crippen LogP contribution in [0.15, 0.2) is 18.2 Å². The number of nitrogens with zero attached hydrogens (tertiary/aromatic N) is 1. The monoisotopic (exact) mass is 262 g/mol. The van der Waals surface area contributed by atoms with Crippen LogP contribution in [0.4, 0.5) is 0 Å². The van der Waals surface area contributed by atoms with Gasteiger partial charge in [0.15, 0.2) is 0 Å². The number of amides is 1. The number of piperidine rings is 1. The van der Waals surface area contributed by atoms with Gasteiger partial charge in [0, 0.05) is 18.7 Å². The summed E-state index contributed by atoms with van der Waals surface area (Å²) in [5.41, 5.74) is 8.08. The number of aryl methyl sites for hydroxylation is 1. The highest BCUT2D eigenvalue weighted by atomic mass is 16.3. The van der Waals surface area contributed by atoms with Crippen molar-refractivity contribution in [1.82, 2.24) is 4.90 Å². The van der Waals surface area contributed by atoms with E-state index in [0.717, 1.165) is 31.6 Å². The lowest BCUT2D eigenvalue weighted by Crippen LogP contribution is -2.42. The second-order valence-corrected chi connectivity index (χ2v) is 5.57. The van der Waals surface area contributed by atoms with Crippen LogP contribution in [-0.4, -0.2) is 35.1 Å². The molecule has 1 amide bonds. The molecule has 4 nitrogen and oxygen atoms in total. The van der Waals surface area contributed by atoms with Crippen LogP contribution in [0.3, 0.4) is 0 Å². The van der Waals surface area contributed by atoms with E-state index in [2.05, 4.69) is 11.8 Å². The average Bonchev–Trinajstić information content (AvgIpc) is 2.36. The SMILES string of the molecule is Cc1cc(C(N)=O)ccc1CN1CCC(C)C(O)C1. The standard InChI is InChI=1S/C15H22N2O2/c1-10-5-6-17(9-14(10)18)8-13-4-3-12(15(16)19)7-11(13)2/h3-4,7,10,14,18H,5-6,8-9H2,1-2H3,(H2,16,19). The van der Waals surface area contributed by atoms with Crippen molar-refractivity contribution in [2.45, 2.75) is 32.9 Å². The van der Waals surface area contributed by atoms with Gasteiger partial charge in [0.2, 0.25) is 5.91 Å². The van der Waals surface area contributed by atoms with Gasteiger partial charge in [0.1, 0.15) is 0 Å². The Balaban J connectivity index is 2.05. The normalized spacial score (nSPS) is 24.4. The lowest BCUT2D eigenvalue weighted by atomic mass is 9.95. The maximum absolute atomic E-state index is 11.1. The third kappa shape index (κ3) is 3.33. The summed E-state index contributed by atoms with van der Waals surface area (Å²) in [6.45, 7) is 6.63. The Hall–Kier alpha value is -1.39. The second-order valence-electron chi connectivity index (χ2n) is 5.57. The molecule has 19 heavy (non-hydrogen) atoms. The number of aliphatic hydroxyl groups is 1. The number of benzene rings is 1. The Labute approximate surface area is 114 Å². The number of β-amino-alcohol motifs (C(OH)–C–C–N with tert-alkyl or cyclic N) is 1. The second kappa shape index (κ2) is 5.72. The molecule has 2 unspecified atom stereocenters. The minimum Gasteiger partial charge on any atom is -0.392 e. The summed E-state index contributed by atoms with van der Waals surface area (Å²) in [7, 11) is 0. The number of carbonyl (C=O) groups is 1. The highest BCUT2D eigenvalue weighted by Crippen LogP contribution is 2.20. The fourth-order valence-corrected chi connectivity index (χ4v) is 2.53. The van der Waals surface area contributed by atoms with E-state index in [0.29, 0.717) is 11.5 Å². The summed E-state index contributed by atoms with van der Waals surface area (Å²) < 4.78 is 0. The molecule has 1 heterocycles. The van der Waals surface area contributed by atoms with E-state index in [1.165, 1.54) is 5.56 Å². The summed E-state index contributed by atoms with van der Waals surface area (Å²) >= 11 is 0. The first-order valence-corrected chi connectivity index (χ1v) is 6.77. The molecule has 1 saturated heterocycles. The third-order valence-electron chi connectivity index (χ3n) is 4.02. The average molecular weight is 262 g/mol. The molecule has 4 heteroatoms. The van der Waals surface area contributed by atoms with Crippen molar-refractivity contribution in [2.75, 3.05) is 13.1 Å². The van der Waals surface area contributed by atoms with Gasteiger partial charge in [0.05, 0.1) is 6.10 Å². The number of hydrogen-bond acceptors (Lipinski definition) is 3. The Morgan fingerprint density at radius 2 is 2.26 bits per heavy atom. The number of rotatable bonds is 3. The predicted octanol–water partition coefficient (Wildman–Crippen LogP) is 1.30. The van der Waals surface area contributed by atoms with Crippen LogP contribution in [0.1, 0.15) is 34.8 Å². The number of hydrogen-bond donors (Lipinski definition) is 2. The van der Waals surface area contributed by atoms with Gasteiger partial charge in [-0.1, -0.05) is 13.0 Å². The first-order valence-electron chi connectivity index (χ1n) is 6.77. The molecule has 0 radical (unpaired) electrons. The van der Waals surface area contributed by atoms with Crippen molar-refractivity contribution >= 4 is 5.91 Å². The summed E-state index contributed by atoms with van der Waals surface area (Å²) in [6, 6.07) is 5.56. The number of aliphatic hydroxyl groups excluding tert-OH is 1. The maximum atomic E-state index is 11.1. The van der Waals surface area contributed by atoms with Crippen molar-refractivity contribution in [3.05, 3.63) is 34.9 Å². The fourth-order valence-electron chi connectivity index (χ4n) is 2.53. The van der Waals surface area contributed by atoms with E-state index < -0.39 is 5.91 Å². The van der Waals surface area contributed by atoms with Crippen molar-refractivity contribution in [2.24, 2.45) is 11.7 Å². The summed E-state index contributed by atoms with van der Waals surface area (Å²) in [4.78, 5) is 13.4. The van der Waals surface area contributed by atoms with E-state index in [1.807, 2.05) is 19.1 Å². The maximum Gasteiger partial charge on any atom is 0.248 e. The van der Waals surface area contributed by atoms with Crippen LogP contribution < -0.4 is 5.73 Å². The molecule has 0 spiro atoms. The first kappa shape index (κ1) is 14.0. The van der Waals surface area contributed by atoms with Crippen molar-refractivity contribution < 1.29 is 9.90 Å². The molecule has 1 fully saturated rings. The van der Waals surface area contributed by atoms with E-state index in [1.54, 1.807) is 6.07 Å². The van der Waals surface area contributed by atoms with Crippen LogP contribution in [0.2, 0.25) is 0 Å². The van der Waals surface area contributed by atoms with Crippen LogP contribution >= 0.6 is 0 Å². The van der Waals surface area contributed by atoms with Gasteiger partial charge in [-0.3, -0.25) is 9.69 Å². The Morgan fingerprint density at radius 1 is 1.53 bits per heavy atom. The molecule has 1 aromatic carbocycles. The van der Waals surface area contributed by atoms with Crippen molar-refractivity contribution in [3.8, 4) is 0 Å². The molecule has 2 rings (SSSR count). The number of nitrogens with two attached hydrogens (primary N) is 1. The lowest BCUT2D eigenvalue weighted by molar-refractivity contribution is 0.0258. The minimum absolute atomic E-state index is 0.237. The van der Waals surface area contributed by atoms with E-state index >= 15 is 0 Å². The Bertz CT molecular complexity index is 473. The molecule has 2 atom stereocenters. The van der Waals surface area contributed by atoms with Gasteiger partial charge in [-0.2, -0.15) is 0 Å². The molecule has 104 valence electrons. The molecule has 3 N–H and O–H groups in total. The van der Waals surface area contributed by atoms with Gasteiger partial charge in [0.25, 0.3) is 0 Å². The van der Waals surface area contributed by atoms with E-state index in [4.69, 9.17) is 5.73 Å². The van der Waals surface area contributed by atoms with Crippen molar-refractivity contribution in [3.63, 3.8) is 0 Å². The summed E-state index contributed by atoms with van der Waals surface area (Å²) in [5, 5.41) is 9.91. The Kier molecular flexibility index (Phi) is 4.22. The van der Waals surface area contributed by atoms with Gasteiger partial charge in [-0.25, -0.2) is 0 Å². The molecule has 0 saturated carbocycles. The van der Waals surface area contributed by atoms with Crippen LogP contribution in [-0.2, 0) is 6.54 Å². The van der Waals surface area contributed by atoms with Gasteiger partial charge < -0.3 is 10.8 Å². The molecule has 0 bridgehead atoms. The summed E-state index contributed by atoms with van der Waals surface area (Å²) in [5.74, 6) is -0.00791. The lowest BCUT2D eigenvalue weighted by Gasteiger charge is -2.34. The number of carbonyl (C=O) groups excluding carboxylic acids is 1. The van der Waals surface area contributed by atoms with Gasteiger partial charge in [-0.15, -0.1) is 0 Å². The fraction of sp³-hybridized carbons (Fsp3) is 0.533. The third-order valence-corrected chi connectivity index (χ3v) is 4.02. The summed E-state index contributed by atoms with van der Waals surface area (Å²) in [6.07, 6.45) is 0.790. The Morgan fingerprint density at radius 3 is 2.84 bits per heavy atom. The van der Waals surface area contributed by atoms with Crippen LogP contribution in [0.5, 0.6) is 0 Å². The molecular weight excluding hydrogens is 240 g/mol. The molecule has 1 aliphatic rings. The van der Waals surface area contributed by atoms with Gasteiger partial charge >= 0.3 is 0 Å². The molecule has 0 aromatic heterocycles.